The molecule has 0 aromatic heterocycles. The second kappa shape index (κ2) is 9.28. The Kier molecular flexibility index (Phi) is 6.54. The van der Waals surface area contributed by atoms with E-state index in [1.54, 1.807) is 0 Å². The van der Waals surface area contributed by atoms with E-state index in [0.29, 0.717) is 12.5 Å². The molecule has 0 bridgehead atoms. The number of carbonyl (C=O) groups is 1. The molecule has 3 rings (SSSR count). The molecule has 2 aromatic rings. The maximum atomic E-state index is 11.8. The van der Waals surface area contributed by atoms with Crippen LogP contribution in [-0.2, 0) is 4.79 Å². The molecule has 3 nitrogen and oxygen atoms in total. The van der Waals surface area contributed by atoms with Crippen LogP contribution in [0.3, 0.4) is 0 Å². The number of ether oxygens (including phenoxy) is 1. The fourth-order valence-corrected chi connectivity index (χ4v) is 2.76. The minimum absolute atomic E-state index is 0.204. The molecule has 0 spiro atoms. The largest absolute Gasteiger partial charge is 0.494 e. The molecule has 140 valence electrons. The number of hydrogen-bond donors (Lipinski definition) is 1. The number of benzene rings is 2. The summed E-state index contributed by atoms with van der Waals surface area (Å²) in [6.07, 6.45) is 3.09. The lowest BCUT2D eigenvalue weighted by molar-refractivity contribution is -0.122. The van der Waals surface area contributed by atoms with Crippen molar-refractivity contribution in [3.63, 3.8) is 0 Å². The zero-order valence-corrected chi connectivity index (χ0v) is 16.1. The fourth-order valence-electron chi connectivity index (χ4n) is 2.76. The van der Waals surface area contributed by atoms with Gasteiger partial charge in [-0.15, -0.1) is 0 Å². The molecule has 1 N–H and O–H groups in total. The molecular formula is C24H27NO2. The molecule has 0 radical (unpaired) electrons. The van der Waals surface area contributed by atoms with Gasteiger partial charge in [0.1, 0.15) is 5.75 Å². The molecule has 27 heavy (non-hydrogen) atoms. The first-order valence-corrected chi connectivity index (χ1v) is 9.78. The van der Waals surface area contributed by atoms with Gasteiger partial charge in [0, 0.05) is 23.6 Å². The highest BCUT2D eigenvalue weighted by Gasteiger charge is 2.29. The summed E-state index contributed by atoms with van der Waals surface area (Å²) in [4.78, 5) is 11.8. The van der Waals surface area contributed by atoms with Crippen LogP contribution in [0.5, 0.6) is 5.75 Å². The van der Waals surface area contributed by atoms with E-state index in [-0.39, 0.29) is 11.8 Å². The van der Waals surface area contributed by atoms with Gasteiger partial charge in [0.25, 0.3) is 0 Å². The van der Waals surface area contributed by atoms with Crippen LogP contribution in [0.2, 0.25) is 0 Å². The number of carbonyl (C=O) groups excluding carboxylic acids is 1. The van der Waals surface area contributed by atoms with Crippen LogP contribution in [0.1, 0.15) is 55.7 Å². The number of nitrogens with one attached hydrogen (secondary N) is 1. The Morgan fingerprint density at radius 1 is 1.07 bits per heavy atom. The van der Waals surface area contributed by atoms with Gasteiger partial charge in [0.2, 0.25) is 5.91 Å². The summed E-state index contributed by atoms with van der Waals surface area (Å²) in [5.74, 6) is 8.04. The molecule has 1 aliphatic rings. The minimum atomic E-state index is 0.204. The Morgan fingerprint density at radius 2 is 1.67 bits per heavy atom. The van der Waals surface area contributed by atoms with Crippen LogP contribution in [0, 0.1) is 17.8 Å². The molecule has 0 aliphatic heterocycles. The van der Waals surface area contributed by atoms with Crippen molar-refractivity contribution < 1.29 is 9.53 Å². The Balaban J connectivity index is 1.54. The van der Waals surface area contributed by atoms with Crippen molar-refractivity contribution in [2.45, 2.75) is 39.0 Å². The maximum Gasteiger partial charge on any atom is 0.223 e. The second-order valence-corrected chi connectivity index (χ2v) is 7.17. The first-order valence-electron chi connectivity index (χ1n) is 9.78. The number of rotatable bonds is 7. The van der Waals surface area contributed by atoms with E-state index in [4.69, 9.17) is 4.74 Å². The average Bonchev–Trinajstić information content (AvgIpc) is 3.55. The Labute approximate surface area is 162 Å². The molecule has 1 atom stereocenters. The molecule has 2 aromatic carbocycles. The fraction of sp³-hybridized carbons (Fsp3) is 0.375. The van der Waals surface area contributed by atoms with Gasteiger partial charge >= 0.3 is 0 Å². The van der Waals surface area contributed by atoms with E-state index in [9.17, 15) is 4.79 Å². The monoisotopic (exact) mass is 361 g/mol. The third-order valence-electron chi connectivity index (χ3n) is 4.69. The molecule has 1 aliphatic carbocycles. The first-order chi connectivity index (χ1) is 13.2. The van der Waals surface area contributed by atoms with Crippen LogP contribution in [0.4, 0.5) is 0 Å². The van der Waals surface area contributed by atoms with Crippen molar-refractivity contribution in [1.29, 1.82) is 0 Å². The molecule has 1 fully saturated rings. The zero-order chi connectivity index (χ0) is 19.1. The molecule has 1 unspecified atom stereocenters. The lowest BCUT2D eigenvalue weighted by atomic mass is 9.99. The van der Waals surface area contributed by atoms with Crippen molar-refractivity contribution in [3.05, 3.63) is 65.2 Å². The van der Waals surface area contributed by atoms with Crippen LogP contribution < -0.4 is 10.1 Å². The van der Waals surface area contributed by atoms with Crippen LogP contribution in [0.15, 0.2) is 48.5 Å². The van der Waals surface area contributed by atoms with Crippen molar-refractivity contribution in [2.24, 2.45) is 5.92 Å². The molecule has 3 heteroatoms. The van der Waals surface area contributed by atoms with Gasteiger partial charge in [0.15, 0.2) is 0 Å². The van der Waals surface area contributed by atoms with Gasteiger partial charge in [-0.3, -0.25) is 4.79 Å². The summed E-state index contributed by atoms with van der Waals surface area (Å²) < 4.78 is 5.59. The first kappa shape index (κ1) is 19.0. The van der Waals surface area contributed by atoms with E-state index in [1.807, 2.05) is 36.4 Å². The summed E-state index contributed by atoms with van der Waals surface area (Å²) in [5, 5.41) is 3.04. The van der Waals surface area contributed by atoms with E-state index in [2.05, 4.69) is 43.1 Å². The third kappa shape index (κ3) is 5.89. The predicted molar refractivity (Wildman–Crippen MR) is 109 cm³/mol. The summed E-state index contributed by atoms with van der Waals surface area (Å²) in [7, 11) is 0. The highest BCUT2D eigenvalue weighted by atomic mass is 16.5. The van der Waals surface area contributed by atoms with Crippen LogP contribution in [0.25, 0.3) is 0 Å². The van der Waals surface area contributed by atoms with E-state index in [0.717, 1.165) is 42.7 Å². The topological polar surface area (TPSA) is 38.3 Å². The number of hydrogen-bond acceptors (Lipinski definition) is 2. The highest BCUT2D eigenvalue weighted by molar-refractivity contribution is 5.80. The smallest absolute Gasteiger partial charge is 0.223 e. The van der Waals surface area contributed by atoms with Crippen LogP contribution in [-0.4, -0.2) is 19.1 Å². The lowest BCUT2D eigenvalue weighted by Crippen LogP contribution is -2.28. The summed E-state index contributed by atoms with van der Waals surface area (Å²) >= 11 is 0. The summed E-state index contributed by atoms with van der Waals surface area (Å²) in [6.45, 7) is 5.65. The quantitative estimate of drug-likeness (QED) is 0.737. The van der Waals surface area contributed by atoms with E-state index < -0.39 is 0 Å². The van der Waals surface area contributed by atoms with Crippen LogP contribution >= 0.6 is 0 Å². The Morgan fingerprint density at radius 3 is 2.22 bits per heavy atom. The van der Waals surface area contributed by atoms with Crippen molar-refractivity contribution >= 4 is 5.91 Å². The normalized spacial score (nSPS) is 14.0. The van der Waals surface area contributed by atoms with Gasteiger partial charge < -0.3 is 10.1 Å². The second-order valence-electron chi connectivity index (χ2n) is 7.17. The zero-order valence-electron chi connectivity index (χ0n) is 16.1. The summed E-state index contributed by atoms with van der Waals surface area (Å²) in [5.41, 5.74) is 3.17. The van der Waals surface area contributed by atoms with Gasteiger partial charge in [0.05, 0.1) is 6.61 Å². The highest BCUT2D eigenvalue weighted by Crippen LogP contribution is 2.29. The van der Waals surface area contributed by atoms with Crippen molar-refractivity contribution in [1.82, 2.24) is 5.32 Å². The van der Waals surface area contributed by atoms with Gasteiger partial charge in [-0.1, -0.05) is 37.8 Å². The molecule has 1 saturated carbocycles. The summed E-state index contributed by atoms with van der Waals surface area (Å²) in [6, 6.07) is 16.2. The van der Waals surface area contributed by atoms with Crippen molar-refractivity contribution in [2.75, 3.05) is 13.2 Å². The molecule has 1 amide bonds. The predicted octanol–water partition coefficient (Wildman–Crippen LogP) is 4.50. The van der Waals surface area contributed by atoms with E-state index >= 15 is 0 Å². The lowest BCUT2D eigenvalue weighted by Gasteiger charge is -2.13. The van der Waals surface area contributed by atoms with Crippen molar-refractivity contribution in [3.8, 4) is 17.6 Å². The average molecular weight is 361 g/mol. The molecular weight excluding hydrogens is 334 g/mol. The van der Waals surface area contributed by atoms with E-state index in [1.165, 1.54) is 5.56 Å². The third-order valence-corrected chi connectivity index (χ3v) is 4.69. The SMILES string of the molecule is CCCOc1ccc(C#Cc2ccc(C(C)CNC(=O)C3CC3)cc2)cc1. The van der Waals surface area contributed by atoms with Gasteiger partial charge in [-0.25, -0.2) is 0 Å². The van der Waals surface area contributed by atoms with Gasteiger partial charge in [-0.2, -0.15) is 0 Å². The standard InChI is InChI=1S/C24H27NO2/c1-3-16-27-23-14-8-20(9-15-23)5-4-19-6-10-21(11-7-19)18(2)17-25-24(26)22-12-13-22/h6-11,14-15,18,22H,3,12-13,16-17H2,1-2H3,(H,25,26). The Hall–Kier alpha value is -2.73. The van der Waals surface area contributed by atoms with Gasteiger partial charge in [-0.05, 0) is 67.1 Å². The Bertz CT molecular complexity index is 808. The minimum Gasteiger partial charge on any atom is -0.494 e. The number of amides is 1. The molecule has 0 saturated heterocycles. The maximum absolute atomic E-state index is 11.8. The molecule has 0 heterocycles.